The number of aromatic nitrogens is 4. The standard InChI is InChI=1S/C92H106N4/c1-7-11-15-19-23-28-38-75-63-85(77(58-68(75)6)39-29-24-20-16-12-8-2)81-60-82(62-83(61-81)87-56-55-73-54-53-72-44-35-57-93-90(72)91(73)94-87)86-65-78(40-30-25-21-17-13-9-3)84(64-79(86)41-31-26-22-18-14-10-4)70-49-51-71(52-50-70)88-66-89(96-92(95-88)74-36-32-27-33-37-74)80-43-34-42-76(59-80)69-47-45-67(5)46-48-69/h27,32-37,42-66H,7-26,28-31,38-41H2,1-6H3. The van der Waals surface area contributed by atoms with Crippen molar-refractivity contribution in [3.8, 4) is 89.7 Å². The molecule has 0 aliphatic carbocycles. The smallest absolute Gasteiger partial charge is 0.160 e. The Labute approximate surface area is 577 Å². The summed E-state index contributed by atoms with van der Waals surface area (Å²) in [5.41, 5.74) is 27.9. The zero-order chi connectivity index (χ0) is 66.3. The molecule has 0 saturated carbocycles. The van der Waals surface area contributed by atoms with Gasteiger partial charge >= 0.3 is 0 Å². The summed E-state index contributed by atoms with van der Waals surface area (Å²) >= 11 is 0. The molecule has 0 atom stereocenters. The van der Waals surface area contributed by atoms with Gasteiger partial charge in [-0.3, -0.25) is 4.98 Å². The molecule has 3 heterocycles. The van der Waals surface area contributed by atoms with Crippen LogP contribution >= 0.6 is 0 Å². The number of benzene rings is 8. The van der Waals surface area contributed by atoms with Crippen LogP contribution in [-0.2, 0) is 25.7 Å². The first-order valence-electron chi connectivity index (χ1n) is 37.6. The molecule has 0 unspecified atom stereocenters. The fourth-order valence-corrected chi connectivity index (χ4v) is 14.4. The van der Waals surface area contributed by atoms with E-state index in [2.05, 4.69) is 224 Å². The van der Waals surface area contributed by atoms with Crippen molar-refractivity contribution >= 4 is 21.8 Å². The van der Waals surface area contributed by atoms with Gasteiger partial charge in [-0.1, -0.05) is 307 Å². The Morgan fingerprint density at radius 3 is 1.28 bits per heavy atom. The van der Waals surface area contributed by atoms with E-state index in [0.717, 1.165) is 105 Å². The number of rotatable bonds is 36. The largest absolute Gasteiger partial charge is 0.254 e. The Kier molecular flexibility index (Phi) is 25.6. The monoisotopic (exact) mass is 1270 g/mol. The van der Waals surface area contributed by atoms with E-state index < -0.39 is 0 Å². The Morgan fingerprint density at radius 2 is 0.698 bits per heavy atom. The van der Waals surface area contributed by atoms with E-state index in [9.17, 15) is 0 Å². The molecule has 4 nitrogen and oxygen atoms in total. The Bertz CT molecular complexity index is 4250. The van der Waals surface area contributed by atoms with E-state index in [4.69, 9.17) is 19.9 Å². The SMILES string of the molecule is CCCCCCCCc1cc(-c2cc(-c3ccc4ccc5cccnc5c4n3)cc(-c3cc(CCCCCCCC)c(-c4ccc(-c5cc(-c6cccc(-c7ccc(C)cc7)c6)nc(-c6ccccc6)n5)cc4)cc3CCCCCCCC)c2)c(CCCCCCCC)cc1C. The fourth-order valence-electron chi connectivity index (χ4n) is 14.4. The number of pyridine rings is 2. The second-order valence-electron chi connectivity index (χ2n) is 27.7. The Hall–Kier alpha value is -8.34. The average molecular weight is 1270 g/mol. The molecule has 0 saturated heterocycles. The van der Waals surface area contributed by atoms with Crippen LogP contribution in [0.25, 0.3) is 111 Å². The lowest BCUT2D eigenvalue weighted by Crippen LogP contribution is -2.01. The number of hydrogen-bond donors (Lipinski definition) is 0. The lowest BCUT2D eigenvalue weighted by molar-refractivity contribution is 0.605. The van der Waals surface area contributed by atoms with E-state index in [1.165, 1.54) is 219 Å². The Balaban J connectivity index is 1.06. The third-order valence-corrected chi connectivity index (χ3v) is 20.2. The summed E-state index contributed by atoms with van der Waals surface area (Å²) in [7, 11) is 0. The summed E-state index contributed by atoms with van der Waals surface area (Å²) in [6, 6.07) is 70.8. The molecule has 96 heavy (non-hydrogen) atoms. The predicted molar refractivity (Wildman–Crippen MR) is 414 cm³/mol. The molecule has 11 aromatic rings. The average Bonchev–Trinajstić information content (AvgIpc) is 0.827. The minimum atomic E-state index is 0.725. The summed E-state index contributed by atoms with van der Waals surface area (Å²) in [5, 5.41) is 2.23. The molecule has 3 aromatic heterocycles. The van der Waals surface area contributed by atoms with Crippen molar-refractivity contribution in [2.45, 2.75) is 221 Å². The van der Waals surface area contributed by atoms with E-state index in [1.54, 1.807) is 0 Å². The van der Waals surface area contributed by atoms with E-state index in [0.29, 0.717) is 0 Å². The molecule has 11 rings (SSSR count). The highest BCUT2D eigenvalue weighted by Crippen LogP contribution is 2.42. The lowest BCUT2D eigenvalue weighted by atomic mass is 9.84. The molecular formula is C92H106N4. The normalized spacial score (nSPS) is 11.6. The molecule has 4 heteroatoms. The van der Waals surface area contributed by atoms with Crippen molar-refractivity contribution in [1.82, 2.24) is 19.9 Å². The van der Waals surface area contributed by atoms with Crippen LogP contribution in [0.1, 0.15) is 215 Å². The highest BCUT2D eigenvalue weighted by molar-refractivity contribution is 6.03. The molecule has 494 valence electrons. The zero-order valence-electron chi connectivity index (χ0n) is 59.1. The van der Waals surface area contributed by atoms with Crippen LogP contribution in [0.3, 0.4) is 0 Å². The van der Waals surface area contributed by atoms with Crippen LogP contribution < -0.4 is 0 Å². The summed E-state index contributed by atoms with van der Waals surface area (Å²) in [6.45, 7) is 13.8. The van der Waals surface area contributed by atoms with E-state index in [-0.39, 0.29) is 0 Å². The van der Waals surface area contributed by atoms with Crippen molar-refractivity contribution in [1.29, 1.82) is 0 Å². The molecule has 0 fully saturated rings. The molecular weight excluding hydrogens is 1160 g/mol. The van der Waals surface area contributed by atoms with Crippen LogP contribution in [0.15, 0.2) is 194 Å². The van der Waals surface area contributed by atoms with Crippen LogP contribution in [0, 0.1) is 13.8 Å². The molecule has 0 bridgehead atoms. The summed E-state index contributed by atoms with van der Waals surface area (Å²) in [5.74, 6) is 0.725. The number of nitrogens with zero attached hydrogens (tertiary/aromatic N) is 4. The third kappa shape index (κ3) is 18.4. The van der Waals surface area contributed by atoms with Crippen molar-refractivity contribution < 1.29 is 0 Å². The van der Waals surface area contributed by atoms with E-state index >= 15 is 0 Å². The van der Waals surface area contributed by atoms with E-state index in [1.807, 2.05) is 12.3 Å². The van der Waals surface area contributed by atoms with Gasteiger partial charge in [-0.25, -0.2) is 15.0 Å². The molecule has 0 radical (unpaired) electrons. The molecule has 0 aliphatic rings. The maximum Gasteiger partial charge on any atom is 0.160 e. The fraction of sp³-hybridized carbons (Fsp3) is 0.370. The van der Waals surface area contributed by atoms with Gasteiger partial charge in [-0.05, 0) is 180 Å². The first-order chi connectivity index (χ1) is 47.3. The molecule has 0 amide bonds. The molecule has 8 aromatic carbocycles. The minimum Gasteiger partial charge on any atom is -0.254 e. The van der Waals surface area contributed by atoms with Gasteiger partial charge in [0.1, 0.15) is 0 Å². The van der Waals surface area contributed by atoms with Crippen LogP contribution in [-0.4, -0.2) is 19.9 Å². The highest BCUT2D eigenvalue weighted by Gasteiger charge is 2.20. The topological polar surface area (TPSA) is 51.6 Å². The van der Waals surface area contributed by atoms with Crippen molar-refractivity contribution in [3.05, 3.63) is 228 Å². The maximum atomic E-state index is 5.62. The van der Waals surface area contributed by atoms with Crippen LogP contribution in [0.5, 0.6) is 0 Å². The van der Waals surface area contributed by atoms with Crippen molar-refractivity contribution in [2.24, 2.45) is 0 Å². The summed E-state index contributed by atoms with van der Waals surface area (Å²) in [4.78, 5) is 21.2. The number of fused-ring (bicyclic) bond motifs is 3. The van der Waals surface area contributed by atoms with Crippen molar-refractivity contribution in [3.63, 3.8) is 0 Å². The number of hydrogen-bond acceptors (Lipinski definition) is 4. The van der Waals surface area contributed by atoms with Crippen molar-refractivity contribution in [2.75, 3.05) is 0 Å². The van der Waals surface area contributed by atoms with Crippen LogP contribution in [0.4, 0.5) is 0 Å². The predicted octanol–water partition coefficient (Wildman–Crippen LogP) is 27.1. The molecule has 0 N–H and O–H groups in total. The van der Waals surface area contributed by atoms with Gasteiger partial charge in [0, 0.05) is 39.2 Å². The maximum absolute atomic E-state index is 5.62. The first kappa shape index (κ1) is 69.0. The second-order valence-corrected chi connectivity index (χ2v) is 27.7. The first-order valence-corrected chi connectivity index (χ1v) is 37.6. The second kappa shape index (κ2) is 35.6. The Morgan fingerprint density at radius 1 is 0.260 bits per heavy atom. The molecule has 0 aliphatic heterocycles. The quantitative estimate of drug-likeness (QED) is 0.0290. The lowest BCUT2D eigenvalue weighted by Gasteiger charge is -2.21. The zero-order valence-corrected chi connectivity index (χ0v) is 59.1. The summed E-state index contributed by atoms with van der Waals surface area (Å²) < 4.78 is 0. The van der Waals surface area contributed by atoms with Gasteiger partial charge in [0.15, 0.2) is 5.82 Å². The van der Waals surface area contributed by atoms with Gasteiger partial charge in [-0.2, -0.15) is 0 Å². The minimum absolute atomic E-state index is 0.725. The number of unbranched alkanes of at least 4 members (excludes halogenated alkanes) is 20. The van der Waals surface area contributed by atoms with Gasteiger partial charge in [0.25, 0.3) is 0 Å². The van der Waals surface area contributed by atoms with Gasteiger partial charge in [0.05, 0.1) is 28.1 Å². The number of aryl methyl sites for hydroxylation is 6. The van der Waals surface area contributed by atoms with Gasteiger partial charge in [-0.15, -0.1) is 0 Å². The third-order valence-electron chi connectivity index (χ3n) is 20.2. The summed E-state index contributed by atoms with van der Waals surface area (Å²) in [6.07, 6.45) is 36.7. The van der Waals surface area contributed by atoms with Gasteiger partial charge in [0.2, 0.25) is 0 Å². The molecule has 0 spiro atoms. The highest BCUT2D eigenvalue weighted by atomic mass is 14.9. The van der Waals surface area contributed by atoms with Crippen LogP contribution in [0.2, 0.25) is 0 Å². The van der Waals surface area contributed by atoms with Gasteiger partial charge < -0.3 is 0 Å².